The molecule has 1 saturated carbocycles. The maximum absolute atomic E-state index is 13.6. The highest BCUT2D eigenvalue weighted by Gasteiger charge is 2.47. The molecule has 2 aromatic rings. The lowest BCUT2D eigenvalue weighted by atomic mass is 9.86. The van der Waals surface area contributed by atoms with E-state index in [1.54, 1.807) is 11.8 Å². The van der Waals surface area contributed by atoms with Crippen LogP contribution in [0, 0.1) is 5.92 Å². The number of ether oxygens (including phenoxy) is 1. The van der Waals surface area contributed by atoms with Gasteiger partial charge in [0.25, 0.3) is 0 Å². The molecule has 1 fully saturated rings. The zero-order valence-corrected chi connectivity index (χ0v) is 22.7. The lowest BCUT2D eigenvalue weighted by molar-refractivity contribution is -0.143. The zero-order valence-electron chi connectivity index (χ0n) is 22.7. The number of nitrogens with zero attached hydrogens (tertiary/aromatic N) is 2. The van der Waals surface area contributed by atoms with Crippen molar-refractivity contribution in [1.82, 2.24) is 10.2 Å². The molecule has 2 aromatic carbocycles. The summed E-state index contributed by atoms with van der Waals surface area (Å²) in [5.41, 5.74) is 0.156. The molecular weight excluding hydrogens is 552 g/mol. The average molecular weight is 584 g/mol. The molecule has 41 heavy (non-hydrogen) atoms. The quantitative estimate of drug-likeness (QED) is 0.378. The Balaban J connectivity index is 1.63. The number of carbonyl (C=O) groups is 2. The number of hydrogen-bond acceptors (Lipinski definition) is 3. The van der Waals surface area contributed by atoms with Crippen molar-refractivity contribution in [3.63, 3.8) is 0 Å². The number of nitrogens with one attached hydrogen (secondary N) is 1. The van der Waals surface area contributed by atoms with E-state index < -0.39 is 48.2 Å². The van der Waals surface area contributed by atoms with Gasteiger partial charge in [0.05, 0.1) is 29.5 Å². The third-order valence-electron chi connectivity index (χ3n) is 8.14. The van der Waals surface area contributed by atoms with E-state index in [0.29, 0.717) is 23.4 Å². The highest BCUT2D eigenvalue weighted by molar-refractivity contribution is 5.91. The number of urea groups is 1. The van der Waals surface area contributed by atoms with E-state index in [9.17, 15) is 35.9 Å². The van der Waals surface area contributed by atoms with Gasteiger partial charge < -0.3 is 15.0 Å². The van der Waals surface area contributed by atoms with Crippen LogP contribution in [0.5, 0.6) is 0 Å². The number of alkyl halides is 6. The van der Waals surface area contributed by atoms with Gasteiger partial charge >= 0.3 is 24.5 Å². The van der Waals surface area contributed by atoms with E-state index in [-0.39, 0.29) is 36.6 Å². The van der Waals surface area contributed by atoms with Gasteiger partial charge in [0.2, 0.25) is 0 Å². The molecule has 2 aliphatic carbocycles. The Bertz CT molecular complexity index is 1310. The first-order chi connectivity index (χ1) is 19.3. The number of aryl methyl sites for hydroxylation is 2. The lowest BCUT2D eigenvalue weighted by Gasteiger charge is -2.44. The molecule has 0 saturated heterocycles. The van der Waals surface area contributed by atoms with Gasteiger partial charge in [-0.15, -0.1) is 0 Å². The summed E-state index contributed by atoms with van der Waals surface area (Å²) in [6.07, 6.45) is -6.02. The second kappa shape index (κ2) is 10.8. The van der Waals surface area contributed by atoms with Gasteiger partial charge in [-0.05, 0) is 97.9 Å². The van der Waals surface area contributed by atoms with Gasteiger partial charge in [-0.25, -0.2) is 9.59 Å². The summed E-state index contributed by atoms with van der Waals surface area (Å²) in [5.74, 6) is 0.139. The summed E-state index contributed by atoms with van der Waals surface area (Å²) in [7, 11) is 1.36. The summed E-state index contributed by atoms with van der Waals surface area (Å²) in [5, 5.41) is 2.51. The Hall–Kier alpha value is -3.44. The van der Waals surface area contributed by atoms with Crippen LogP contribution in [0.2, 0.25) is 0 Å². The fourth-order valence-corrected chi connectivity index (χ4v) is 6.13. The van der Waals surface area contributed by atoms with Crippen LogP contribution in [-0.2, 0) is 36.5 Å². The molecule has 1 N–H and O–H groups in total. The minimum Gasteiger partial charge on any atom is -0.449 e. The normalized spacial score (nSPS) is 20.3. The van der Waals surface area contributed by atoms with Gasteiger partial charge in [-0.3, -0.25) is 4.90 Å². The molecule has 6 nitrogen and oxygen atoms in total. The first-order valence-corrected chi connectivity index (χ1v) is 13.7. The minimum absolute atomic E-state index is 0.0767. The molecule has 0 aromatic heterocycles. The third-order valence-corrected chi connectivity index (χ3v) is 8.14. The van der Waals surface area contributed by atoms with Crippen molar-refractivity contribution in [2.45, 2.75) is 76.4 Å². The number of fused-ring (bicyclic) bond motifs is 2. The van der Waals surface area contributed by atoms with Crippen molar-refractivity contribution >= 4 is 17.8 Å². The van der Waals surface area contributed by atoms with Crippen LogP contribution in [0.25, 0.3) is 0 Å². The molecule has 0 unspecified atom stereocenters. The molecule has 1 heterocycles. The van der Waals surface area contributed by atoms with Crippen LogP contribution in [0.3, 0.4) is 0 Å². The van der Waals surface area contributed by atoms with E-state index in [1.807, 2.05) is 12.1 Å². The summed E-state index contributed by atoms with van der Waals surface area (Å²) in [4.78, 5) is 29.4. The molecule has 0 spiro atoms. The van der Waals surface area contributed by atoms with E-state index >= 15 is 0 Å². The molecule has 3 aliphatic rings. The van der Waals surface area contributed by atoms with Crippen molar-refractivity contribution in [3.05, 3.63) is 63.7 Å². The van der Waals surface area contributed by atoms with Gasteiger partial charge in [-0.2, -0.15) is 26.3 Å². The molecule has 3 amide bonds. The van der Waals surface area contributed by atoms with Crippen molar-refractivity contribution < 1.29 is 40.7 Å². The van der Waals surface area contributed by atoms with E-state index in [2.05, 4.69) is 5.32 Å². The van der Waals surface area contributed by atoms with Crippen molar-refractivity contribution in [2.24, 2.45) is 5.92 Å². The number of halogens is 6. The van der Waals surface area contributed by atoms with Gasteiger partial charge in [0.1, 0.15) is 0 Å². The summed E-state index contributed by atoms with van der Waals surface area (Å²) < 4.78 is 87.0. The summed E-state index contributed by atoms with van der Waals surface area (Å²) >= 11 is 0. The summed E-state index contributed by atoms with van der Waals surface area (Å²) in [6.45, 7) is 1.38. The number of hydrogen-bond donors (Lipinski definition) is 1. The van der Waals surface area contributed by atoms with Crippen LogP contribution < -0.4 is 10.2 Å². The topological polar surface area (TPSA) is 61.9 Å². The SMILES string of the molecule is CCOC(=O)N1c2cc3c(cc2[C@H](N(Cc2cc(C(F)(F)F)cc(C(F)(F)F)c2)C(=O)NC)C[C@@H]1C1CC1)CCC3. The van der Waals surface area contributed by atoms with Crippen molar-refractivity contribution in [3.8, 4) is 0 Å². The molecule has 5 rings (SSSR count). The van der Waals surface area contributed by atoms with Crippen molar-refractivity contribution in [1.29, 1.82) is 0 Å². The minimum atomic E-state index is -5.01. The Morgan fingerprint density at radius 2 is 1.59 bits per heavy atom. The van der Waals surface area contributed by atoms with Gasteiger partial charge in [-0.1, -0.05) is 6.07 Å². The Labute approximate surface area is 233 Å². The molecule has 2 atom stereocenters. The first-order valence-electron chi connectivity index (χ1n) is 13.7. The number of anilines is 1. The smallest absolute Gasteiger partial charge is 0.416 e. The van der Waals surface area contributed by atoms with Crippen molar-refractivity contribution in [2.75, 3.05) is 18.6 Å². The van der Waals surface area contributed by atoms with Gasteiger partial charge in [0, 0.05) is 19.6 Å². The molecule has 222 valence electrons. The lowest BCUT2D eigenvalue weighted by Crippen LogP contribution is -2.51. The fraction of sp³-hybridized carbons (Fsp3) is 0.517. The monoisotopic (exact) mass is 583 g/mol. The molecule has 12 heteroatoms. The second-order valence-corrected chi connectivity index (χ2v) is 10.9. The van der Waals surface area contributed by atoms with E-state index in [4.69, 9.17) is 4.74 Å². The third kappa shape index (κ3) is 5.83. The Kier molecular flexibility index (Phi) is 7.63. The van der Waals surface area contributed by atoms with E-state index in [1.165, 1.54) is 11.9 Å². The fourth-order valence-electron chi connectivity index (χ4n) is 6.13. The number of rotatable bonds is 5. The predicted molar refractivity (Wildman–Crippen MR) is 138 cm³/mol. The molecule has 0 bridgehead atoms. The number of benzene rings is 2. The largest absolute Gasteiger partial charge is 0.449 e. The standard InChI is InChI=1S/C29H31F6N3O3/c1-3-41-27(40)38-23(17-7-8-17)14-24(22-11-18-5-4-6-19(18)12-25(22)38)37(26(39)36-2)15-16-9-20(28(30,31)32)13-21(10-16)29(33,34)35/h9-13,17,23-24H,3-8,14-15H2,1-2H3,(H,36,39)/t23-,24-/m1/s1. The maximum Gasteiger partial charge on any atom is 0.416 e. The number of amides is 3. The van der Waals surface area contributed by atoms with Crippen LogP contribution in [0.4, 0.5) is 41.6 Å². The average Bonchev–Trinajstić information content (AvgIpc) is 3.66. The van der Waals surface area contributed by atoms with Crippen LogP contribution >= 0.6 is 0 Å². The Morgan fingerprint density at radius 1 is 0.976 bits per heavy atom. The second-order valence-electron chi connectivity index (χ2n) is 10.9. The molecule has 1 aliphatic heterocycles. The summed E-state index contributed by atoms with van der Waals surface area (Å²) in [6, 6.07) is 3.56. The molecule has 0 radical (unpaired) electrons. The van der Waals surface area contributed by atoms with E-state index in [0.717, 1.165) is 43.2 Å². The van der Waals surface area contributed by atoms with Crippen LogP contribution in [0.15, 0.2) is 30.3 Å². The Morgan fingerprint density at radius 3 is 2.12 bits per heavy atom. The van der Waals surface area contributed by atoms with Crippen LogP contribution in [0.1, 0.15) is 72.0 Å². The highest BCUT2D eigenvalue weighted by atomic mass is 19.4. The maximum atomic E-state index is 13.6. The highest BCUT2D eigenvalue weighted by Crippen LogP contribution is 2.50. The van der Waals surface area contributed by atoms with Gasteiger partial charge in [0.15, 0.2) is 0 Å². The first kappa shape index (κ1) is 29.1. The number of carbonyl (C=O) groups excluding carboxylic acids is 2. The predicted octanol–water partition coefficient (Wildman–Crippen LogP) is 7.24. The molecular formula is C29H31F6N3O3. The zero-order chi connectivity index (χ0) is 29.7. The van der Waals surface area contributed by atoms with Crippen LogP contribution in [-0.4, -0.2) is 36.7 Å².